The molecule has 0 fully saturated rings. The molecule has 0 aromatic heterocycles. The predicted octanol–water partition coefficient (Wildman–Crippen LogP) is 0.705. The van der Waals surface area contributed by atoms with Gasteiger partial charge in [0, 0.05) is 38.5 Å². The summed E-state index contributed by atoms with van der Waals surface area (Å²) in [6.45, 7) is 11.3. The molecule has 0 radical (unpaired) electrons. The highest BCUT2D eigenvalue weighted by Gasteiger charge is 2.10. The third-order valence-corrected chi connectivity index (χ3v) is 4.33. The van der Waals surface area contributed by atoms with E-state index < -0.39 is 9.84 Å². The molecule has 0 bridgehead atoms. The van der Waals surface area contributed by atoms with Crippen LogP contribution in [0.3, 0.4) is 0 Å². The van der Waals surface area contributed by atoms with Gasteiger partial charge in [0.25, 0.3) is 0 Å². The zero-order valence-corrected chi connectivity index (χ0v) is 15.1. The normalized spacial score (nSPS) is 14.6. The zero-order chi connectivity index (χ0) is 16.5. The molecule has 1 atom stereocenters. The Morgan fingerprint density at radius 1 is 1.29 bits per heavy atom. The number of aliphatic imine (C=N–C) groups is 1. The molecule has 21 heavy (non-hydrogen) atoms. The summed E-state index contributed by atoms with van der Waals surface area (Å²) in [4.78, 5) is 6.53. The van der Waals surface area contributed by atoms with E-state index in [-0.39, 0.29) is 11.8 Å². The number of sulfone groups is 1. The summed E-state index contributed by atoms with van der Waals surface area (Å²) in [7, 11) is -1.19. The average Bonchev–Trinajstić information content (AvgIpc) is 2.38. The Morgan fingerprint density at radius 3 is 2.33 bits per heavy atom. The minimum Gasteiger partial charge on any atom is -0.355 e. The zero-order valence-electron chi connectivity index (χ0n) is 14.3. The summed E-state index contributed by atoms with van der Waals surface area (Å²) in [5.41, 5.74) is 0. The molecule has 0 aromatic rings. The van der Waals surface area contributed by atoms with Crippen LogP contribution in [0.15, 0.2) is 4.99 Å². The molecule has 0 rings (SSSR count). The van der Waals surface area contributed by atoms with E-state index in [0.717, 1.165) is 25.6 Å². The Balaban J connectivity index is 4.12. The lowest BCUT2D eigenvalue weighted by Gasteiger charge is -2.25. The lowest BCUT2D eigenvalue weighted by atomic mass is 10.3. The topological polar surface area (TPSA) is 73.8 Å². The summed E-state index contributed by atoms with van der Waals surface area (Å²) in [5.74, 6) is 0.908. The van der Waals surface area contributed by atoms with Gasteiger partial charge in [-0.3, -0.25) is 9.89 Å². The standard InChI is InChI=1S/C14H32N4O2S/c1-7-18(12(2)3)10-9-16-14(15-5)17-13(4)8-11-21(6,19)20/h12-13H,7-11H2,1-6H3,(H2,15,16,17). The van der Waals surface area contributed by atoms with E-state index in [2.05, 4.69) is 41.3 Å². The van der Waals surface area contributed by atoms with E-state index >= 15 is 0 Å². The fourth-order valence-corrected chi connectivity index (χ4v) is 2.77. The van der Waals surface area contributed by atoms with Gasteiger partial charge < -0.3 is 10.6 Å². The quantitative estimate of drug-likeness (QED) is 0.483. The van der Waals surface area contributed by atoms with Crippen molar-refractivity contribution in [2.45, 2.75) is 46.2 Å². The van der Waals surface area contributed by atoms with Gasteiger partial charge in [-0.15, -0.1) is 0 Å². The molecule has 0 spiro atoms. The van der Waals surface area contributed by atoms with Crippen LogP contribution in [0.5, 0.6) is 0 Å². The van der Waals surface area contributed by atoms with Crippen LogP contribution < -0.4 is 10.6 Å². The highest BCUT2D eigenvalue weighted by molar-refractivity contribution is 7.90. The summed E-state index contributed by atoms with van der Waals surface area (Å²) >= 11 is 0. The van der Waals surface area contributed by atoms with Crippen LogP contribution in [0.4, 0.5) is 0 Å². The highest BCUT2D eigenvalue weighted by atomic mass is 32.2. The van der Waals surface area contributed by atoms with E-state index in [0.29, 0.717) is 12.5 Å². The van der Waals surface area contributed by atoms with Crippen molar-refractivity contribution < 1.29 is 8.42 Å². The smallest absolute Gasteiger partial charge is 0.191 e. The first-order valence-electron chi connectivity index (χ1n) is 7.58. The van der Waals surface area contributed by atoms with Crippen LogP contribution >= 0.6 is 0 Å². The van der Waals surface area contributed by atoms with Crippen LogP contribution in [0.2, 0.25) is 0 Å². The maximum Gasteiger partial charge on any atom is 0.191 e. The van der Waals surface area contributed by atoms with Gasteiger partial charge in [0.2, 0.25) is 0 Å². The van der Waals surface area contributed by atoms with Crippen molar-refractivity contribution in [3.63, 3.8) is 0 Å². The molecule has 7 heteroatoms. The summed E-state index contributed by atoms with van der Waals surface area (Å²) in [6, 6.07) is 0.596. The van der Waals surface area contributed by atoms with Crippen LogP contribution in [-0.2, 0) is 9.84 Å². The Labute approximate surface area is 130 Å². The number of rotatable bonds is 9. The Bertz CT molecular complexity index is 407. The Morgan fingerprint density at radius 2 is 1.90 bits per heavy atom. The lowest BCUT2D eigenvalue weighted by Crippen LogP contribution is -2.46. The van der Waals surface area contributed by atoms with Crippen molar-refractivity contribution in [1.29, 1.82) is 0 Å². The third kappa shape index (κ3) is 10.5. The Kier molecular flexibility index (Phi) is 9.61. The van der Waals surface area contributed by atoms with Crippen molar-refractivity contribution in [2.75, 3.05) is 38.7 Å². The van der Waals surface area contributed by atoms with Crippen molar-refractivity contribution in [3.8, 4) is 0 Å². The predicted molar refractivity (Wildman–Crippen MR) is 90.7 cm³/mol. The van der Waals surface area contributed by atoms with E-state index in [4.69, 9.17) is 0 Å². The van der Waals surface area contributed by atoms with E-state index in [9.17, 15) is 8.42 Å². The van der Waals surface area contributed by atoms with Gasteiger partial charge in [-0.25, -0.2) is 8.42 Å². The molecular formula is C14H32N4O2S. The van der Waals surface area contributed by atoms with Gasteiger partial charge in [-0.1, -0.05) is 6.92 Å². The number of hydrogen-bond acceptors (Lipinski definition) is 4. The van der Waals surface area contributed by atoms with Crippen molar-refractivity contribution in [1.82, 2.24) is 15.5 Å². The Hall–Kier alpha value is -0.820. The highest BCUT2D eigenvalue weighted by Crippen LogP contribution is 1.96. The lowest BCUT2D eigenvalue weighted by molar-refractivity contribution is 0.237. The van der Waals surface area contributed by atoms with Gasteiger partial charge in [-0.05, 0) is 33.7 Å². The fraction of sp³-hybridized carbons (Fsp3) is 0.929. The van der Waals surface area contributed by atoms with Crippen LogP contribution in [0.25, 0.3) is 0 Å². The second-order valence-electron chi connectivity index (χ2n) is 5.69. The van der Waals surface area contributed by atoms with E-state index in [1.807, 2.05) is 6.92 Å². The molecule has 0 saturated carbocycles. The third-order valence-electron chi connectivity index (χ3n) is 3.36. The molecular weight excluding hydrogens is 288 g/mol. The van der Waals surface area contributed by atoms with Crippen molar-refractivity contribution in [3.05, 3.63) is 0 Å². The van der Waals surface area contributed by atoms with Gasteiger partial charge in [0.15, 0.2) is 5.96 Å². The van der Waals surface area contributed by atoms with E-state index in [1.54, 1.807) is 7.05 Å². The van der Waals surface area contributed by atoms with Gasteiger partial charge in [0.05, 0.1) is 5.75 Å². The first kappa shape index (κ1) is 20.2. The van der Waals surface area contributed by atoms with Gasteiger partial charge in [-0.2, -0.15) is 0 Å². The number of guanidine groups is 1. The summed E-state index contributed by atoms with van der Waals surface area (Å²) in [6.07, 6.45) is 1.84. The molecule has 1 unspecified atom stereocenters. The second-order valence-corrected chi connectivity index (χ2v) is 7.95. The maximum absolute atomic E-state index is 11.2. The molecule has 6 nitrogen and oxygen atoms in total. The average molecular weight is 321 g/mol. The van der Waals surface area contributed by atoms with Gasteiger partial charge in [0.1, 0.15) is 9.84 Å². The van der Waals surface area contributed by atoms with Crippen LogP contribution in [-0.4, -0.2) is 70.1 Å². The molecule has 0 aliphatic heterocycles. The first-order chi connectivity index (χ1) is 9.69. The minimum absolute atomic E-state index is 0.0679. The number of nitrogens with one attached hydrogen (secondary N) is 2. The van der Waals surface area contributed by atoms with Crippen molar-refractivity contribution in [2.24, 2.45) is 4.99 Å². The first-order valence-corrected chi connectivity index (χ1v) is 9.64. The fourth-order valence-electron chi connectivity index (χ4n) is 1.99. The summed E-state index contributed by atoms with van der Waals surface area (Å²) < 4.78 is 22.3. The molecule has 0 saturated heterocycles. The molecule has 0 amide bonds. The monoisotopic (exact) mass is 320 g/mol. The van der Waals surface area contributed by atoms with E-state index in [1.165, 1.54) is 6.26 Å². The van der Waals surface area contributed by atoms with Crippen molar-refractivity contribution >= 4 is 15.8 Å². The van der Waals surface area contributed by atoms with Crippen LogP contribution in [0, 0.1) is 0 Å². The molecule has 2 N–H and O–H groups in total. The van der Waals surface area contributed by atoms with Crippen LogP contribution in [0.1, 0.15) is 34.1 Å². The number of hydrogen-bond donors (Lipinski definition) is 2. The summed E-state index contributed by atoms with van der Waals surface area (Å²) in [5, 5.41) is 6.48. The second kappa shape index (κ2) is 10.00. The maximum atomic E-state index is 11.2. The van der Waals surface area contributed by atoms with Gasteiger partial charge >= 0.3 is 0 Å². The molecule has 0 aliphatic rings. The number of likely N-dealkylation sites (N-methyl/N-ethyl adjacent to an activating group) is 1. The minimum atomic E-state index is -2.91. The molecule has 0 aromatic carbocycles. The molecule has 0 heterocycles. The molecule has 126 valence electrons. The largest absolute Gasteiger partial charge is 0.355 e. The number of nitrogens with zero attached hydrogens (tertiary/aromatic N) is 2. The SMILES string of the molecule is CCN(CCNC(=NC)NC(C)CCS(C)(=O)=O)C(C)C. The molecule has 0 aliphatic carbocycles.